The molecule has 0 aromatic carbocycles. The van der Waals surface area contributed by atoms with Gasteiger partial charge in [-0.3, -0.25) is 9.69 Å². The zero-order valence-electron chi connectivity index (χ0n) is 17.8. The van der Waals surface area contributed by atoms with Gasteiger partial charge >= 0.3 is 0 Å². The van der Waals surface area contributed by atoms with Gasteiger partial charge in [-0.05, 0) is 39.3 Å². The molecule has 0 aliphatic carbocycles. The molecule has 1 unspecified atom stereocenters. The Morgan fingerprint density at radius 1 is 1.21 bits per heavy atom. The van der Waals surface area contributed by atoms with Crippen molar-refractivity contribution in [1.29, 1.82) is 0 Å². The highest BCUT2D eigenvalue weighted by molar-refractivity contribution is 7.15. The minimum atomic E-state index is -0.0585. The topological polar surface area (TPSA) is 63.1 Å². The number of thiazole rings is 1. The first-order valence-electron chi connectivity index (χ1n) is 10.2. The monoisotopic (exact) mass is 403 g/mol. The number of aromatic nitrogens is 3. The van der Waals surface area contributed by atoms with Gasteiger partial charge in [-0.1, -0.05) is 27.2 Å². The lowest BCUT2D eigenvalue weighted by molar-refractivity contribution is 0.147. The molecule has 0 amide bonds. The second kappa shape index (κ2) is 8.74. The highest BCUT2D eigenvalue weighted by Gasteiger charge is 2.23. The van der Waals surface area contributed by atoms with E-state index >= 15 is 0 Å². The summed E-state index contributed by atoms with van der Waals surface area (Å²) in [7, 11) is 0. The average molecular weight is 404 g/mol. The molecule has 1 N–H and O–H groups in total. The Morgan fingerprint density at radius 3 is 2.68 bits per heavy atom. The fourth-order valence-electron chi connectivity index (χ4n) is 3.57. The molecule has 0 saturated carbocycles. The highest BCUT2D eigenvalue weighted by atomic mass is 32.1. The number of anilines is 1. The zero-order valence-corrected chi connectivity index (χ0v) is 18.6. The van der Waals surface area contributed by atoms with E-state index in [2.05, 4.69) is 54.9 Å². The largest absolute Gasteiger partial charge is 0.360 e. The summed E-state index contributed by atoms with van der Waals surface area (Å²) in [6.45, 7) is 14.0. The van der Waals surface area contributed by atoms with E-state index in [4.69, 9.17) is 0 Å². The van der Waals surface area contributed by atoms with Crippen molar-refractivity contribution in [3.05, 3.63) is 38.8 Å². The molecule has 7 heteroatoms. The predicted octanol–water partition coefficient (Wildman–Crippen LogP) is 3.58. The van der Waals surface area contributed by atoms with E-state index in [1.807, 2.05) is 6.07 Å². The van der Waals surface area contributed by atoms with Crippen LogP contribution in [0.5, 0.6) is 0 Å². The van der Waals surface area contributed by atoms with Gasteiger partial charge in [0.1, 0.15) is 0 Å². The van der Waals surface area contributed by atoms with Crippen molar-refractivity contribution in [2.45, 2.75) is 71.9 Å². The quantitative estimate of drug-likeness (QED) is 0.799. The number of hydrogen-bond donors (Lipinski definition) is 1. The standard InChI is InChI=1S/C21H33N5OS/c1-15-16(2)28-20(23-15)22-14-17-8-6-7-11-25(17)12-13-26-19(27)10-9-18(24-26)21(3,4)5/h9-10,17H,6-8,11-14H2,1-5H3,(H,22,23). The molecule has 0 spiro atoms. The molecule has 1 fully saturated rings. The summed E-state index contributed by atoms with van der Waals surface area (Å²) in [5.74, 6) is 0. The van der Waals surface area contributed by atoms with Gasteiger partial charge in [0.25, 0.3) is 5.56 Å². The van der Waals surface area contributed by atoms with Crippen LogP contribution < -0.4 is 10.9 Å². The molecule has 1 aliphatic heterocycles. The van der Waals surface area contributed by atoms with Crippen LogP contribution in [0.4, 0.5) is 5.13 Å². The van der Waals surface area contributed by atoms with Crippen LogP contribution in [-0.4, -0.2) is 45.3 Å². The van der Waals surface area contributed by atoms with E-state index < -0.39 is 0 Å². The van der Waals surface area contributed by atoms with Crippen molar-refractivity contribution in [3.63, 3.8) is 0 Å². The molecule has 154 valence electrons. The molecule has 0 radical (unpaired) electrons. The smallest absolute Gasteiger partial charge is 0.266 e. The molecule has 6 nitrogen and oxygen atoms in total. The number of likely N-dealkylation sites (tertiary alicyclic amines) is 1. The SMILES string of the molecule is Cc1nc(NCC2CCCCN2CCn2nc(C(C)(C)C)ccc2=O)sc1C. The first-order chi connectivity index (χ1) is 13.2. The van der Waals surface area contributed by atoms with Gasteiger partial charge in [0.2, 0.25) is 0 Å². The molecule has 2 aromatic heterocycles. The molecular weight excluding hydrogens is 370 g/mol. The summed E-state index contributed by atoms with van der Waals surface area (Å²) in [5, 5.41) is 9.15. The maximum Gasteiger partial charge on any atom is 0.266 e. The van der Waals surface area contributed by atoms with Gasteiger partial charge < -0.3 is 5.32 Å². The van der Waals surface area contributed by atoms with Crippen molar-refractivity contribution in [2.75, 3.05) is 25.0 Å². The van der Waals surface area contributed by atoms with Gasteiger partial charge in [0.05, 0.1) is 17.9 Å². The van der Waals surface area contributed by atoms with Crippen molar-refractivity contribution < 1.29 is 0 Å². The van der Waals surface area contributed by atoms with Crippen LogP contribution >= 0.6 is 11.3 Å². The Kier molecular flexibility index (Phi) is 6.55. The van der Waals surface area contributed by atoms with Crippen LogP contribution in [0, 0.1) is 13.8 Å². The molecular formula is C21H33N5OS. The lowest BCUT2D eigenvalue weighted by Gasteiger charge is -2.35. The molecule has 2 aromatic rings. The summed E-state index contributed by atoms with van der Waals surface area (Å²) in [4.78, 5) is 20.6. The zero-order chi connectivity index (χ0) is 20.3. The first-order valence-corrected chi connectivity index (χ1v) is 11.1. The van der Waals surface area contributed by atoms with Crippen molar-refractivity contribution in [3.8, 4) is 0 Å². The predicted molar refractivity (Wildman–Crippen MR) is 116 cm³/mol. The maximum atomic E-state index is 12.3. The van der Waals surface area contributed by atoms with Gasteiger partial charge in [-0.25, -0.2) is 9.67 Å². The Balaban J connectivity index is 1.62. The van der Waals surface area contributed by atoms with Crippen LogP contribution in [0.15, 0.2) is 16.9 Å². The Labute approximate surface area is 172 Å². The fourth-order valence-corrected chi connectivity index (χ4v) is 4.39. The third-order valence-electron chi connectivity index (χ3n) is 5.50. The van der Waals surface area contributed by atoms with E-state index in [-0.39, 0.29) is 11.0 Å². The highest BCUT2D eigenvalue weighted by Crippen LogP contribution is 2.23. The van der Waals surface area contributed by atoms with E-state index in [1.54, 1.807) is 22.1 Å². The number of aryl methyl sites for hydroxylation is 2. The Hall–Kier alpha value is -1.73. The summed E-state index contributed by atoms with van der Waals surface area (Å²) in [5.41, 5.74) is 1.99. The van der Waals surface area contributed by atoms with Gasteiger partial charge in [-0.2, -0.15) is 5.10 Å². The normalized spacial score (nSPS) is 18.4. The van der Waals surface area contributed by atoms with Crippen LogP contribution in [0.2, 0.25) is 0 Å². The first kappa shape index (κ1) is 21.0. The third-order valence-corrected chi connectivity index (χ3v) is 6.53. The summed E-state index contributed by atoms with van der Waals surface area (Å²) in [6, 6.07) is 3.97. The molecule has 3 rings (SSSR count). The van der Waals surface area contributed by atoms with Gasteiger partial charge in [0, 0.05) is 35.5 Å². The lowest BCUT2D eigenvalue weighted by Crippen LogP contribution is -2.45. The van der Waals surface area contributed by atoms with E-state index in [9.17, 15) is 4.79 Å². The Bertz CT molecular complexity index is 832. The summed E-state index contributed by atoms with van der Waals surface area (Å²) >= 11 is 1.72. The number of nitrogens with zero attached hydrogens (tertiary/aromatic N) is 4. The molecule has 1 saturated heterocycles. The van der Waals surface area contributed by atoms with E-state index in [0.29, 0.717) is 12.6 Å². The second-order valence-corrected chi connectivity index (χ2v) is 9.96. The minimum absolute atomic E-state index is 0.0200. The molecule has 28 heavy (non-hydrogen) atoms. The number of piperidine rings is 1. The van der Waals surface area contributed by atoms with Gasteiger partial charge in [-0.15, -0.1) is 11.3 Å². The number of rotatable bonds is 6. The van der Waals surface area contributed by atoms with E-state index in [0.717, 1.165) is 36.2 Å². The summed E-state index contributed by atoms with van der Waals surface area (Å²) in [6.07, 6.45) is 3.66. The molecule has 0 bridgehead atoms. The fraction of sp³-hybridized carbons (Fsp3) is 0.667. The van der Waals surface area contributed by atoms with Crippen molar-refractivity contribution >= 4 is 16.5 Å². The van der Waals surface area contributed by atoms with Crippen molar-refractivity contribution in [1.82, 2.24) is 19.7 Å². The number of hydrogen-bond acceptors (Lipinski definition) is 6. The van der Waals surface area contributed by atoms with E-state index in [1.165, 1.54) is 24.1 Å². The maximum absolute atomic E-state index is 12.3. The minimum Gasteiger partial charge on any atom is -0.360 e. The summed E-state index contributed by atoms with van der Waals surface area (Å²) < 4.78 is 1.63. The lowest BCUT2D eigenvalue weighted by atomic mass is 9.92. The molecule has 1 atom stereocenters. The third kappa shape index (κ3) is 5.20. The van der Waals surface area contributed by atoms with Crippen LogP contribution in [0.1, 0.15) is 56.3 Å². The van der Waals surface area contributed by atoms with Crippen LogP contribution in [-0.2, 0) is 12.0 Å². The van der Waals surface area contributed by atoms with Crippen LogP contribution in [0.3, 0.4) is 0 Å². The van der Waals surface area contributed by atoms with Crippen LogP contribution in [0.25, 0.3) is 0 Å². The molecule has 1 aliphatic rings. The second-order valence-electron chi connectivity index (χ2n) is 8.76. The number of nitrogens with one attached hydrogen (secondary N) is 1. The van der Waals surface area contributed by atoms with Gasteiger partial charge in [0.15, 0.2) is 5.13 Å². The van der Waals surface area contributed by atoms with Crippen molar-refractivity contribution in [2.24, 2.45) is 0 Å². The average Bonchev–Trinajstić information content (AvgIpc) is 2.97. The molecule has 3 heterocycles. The Morgan fingerprint density at radius 2 is 2.00 bits per heavy atom.